The lowest BCUT2D eigenvalue weighted by atomic mass is 10.0. The Morgan fingerprint density at radius 2 is 1.95 bits per heavy atom. The summed E-state index contributed by atoms with van der Waals surface area (Å²) in [6.45, 7) is 1.88. The van der Waals surface area contributed by atoms with Gasteiger partial charge in [0.25, 0.3) is 0 Å². The van der Waals surface area contributed by atoms with Crippen LogP contribution in [0.4, 0.5) is 5.82 Å². The fourth-order valence-corrected chi connectivity index (χ4v) is 2.72. The summed E-state index contributed by atoms with van der Waals surface area (Å²) in [7, 11) is 1.88. The smallest absolute Gasteiger partial charge is 0.180 e. The zero-order chi connectivity index (χ0) is 13.9. The van der Waals surface area contributed by atoms with Crippen LogP contribution in [-0.4, -0.2) is 27.0 Å². The fraction of sp³-hybridized carbons (Fsp3) is 0.467. The molecular weight excluding hydrogens is 250 g/mol. The molecule has 1 aliphatic carbocycles. The summed E-state index contributed by atoms with van der Waals surface area (Å²) in [6, 6.07) is 3.92. The Labute approximate surface area is 118 Å². The van der Waals surface area contributed by atoms with E-state index >= 15 is 0 Å². The highest BCUT2D eigenvalue weighted by Gasteiger charge is 2.20. The van der Waals surface area contributed by atoms with Crippen LogP contribution < -0.4 is 5.32 Å². The van der Waals surface area contributed by atoms with Crippen molar-refractivity contribution in [3.63, 3.8) is 0 Å². The Bertz CT molecular complexity index is 605. The molecule has 5 nitrogen and oxygen atoms in total. The highest BCUT2D eigenvalue weighted by atomic mass is 15.0. The molecule has 3 rings (SSSR count). The molecule has 0 radical (unpaired) electrons. The lowest BCUT2D eigenvalue weighted by Gasteiger charge is -2.12. The Balaban J connectivity index is 2.03. The maximum absolute atomic E-state index is 4.73. The van der Waals surface area contributed by atoms with Gasteiger partial charge in [-0.15, -0.1) is 0 Å². The number of rotatable bonds is 3. The molecular formula is C15H19N5. The molecule has 0 spiro atoms. The van der Waals surface area contributed by atoms with E-state index in [1.165, 1.54) is 25.7 Å². The van der Waals surface area contributed by atoms with Crippen molar-refractivity contribution in [3.05, 3.63) is 29.8 Å². The van der Waals surface area contributed by atoms with Gasteiger partial charge >= 0.3 is 0 Å². The molecule has 5 heteroatoms. The summed E-state index contributed by atoms with van der Waals surface area (Å²) in [5, 5.41) is 3.12. The van der Waals surface area contributed by atoms with E-state index in [1.807, 2.05) is 20.0 Å². The molecule has 1 fully saturated rings. The van der Waals surface area contributed by atoms with E-state index in [2.05, 4.69) is 26.3 Å². The SMILES string of the molecule is CNc1cc(C2CCCC2)nc(-c2ccnc(C)n2)n1. The number of hydrogen-bond acceptors (Lipinski definition) is 5. The molecule has 104 valence electrons. The molecule has 1 saturated carbocycles. The van der Waals surface area contributed by atoms with Gasteiger partial charge < -0.3 is 5.32 Å². The van der Waals surface area contributed by atoms with Crippen LogP contribution in [0.1, 0.15) is 43.1 Å². The van der Waals surface area contributed by atoms with Gasteiger partial charge in [-0.2, -0.15) is 0 Å². The van der Waals surface area contributed by atoms with Crippen molar-refractivity contribution in [3.8, 4) is 11.5 Å². The van der Waals surface area contributed by atoms with E-state index in [0.29, 0.717) is 11.7 Å². The maximum Gasteiger partial charge on any atom is 0.180 e. The minimum Gasteiger partial charge on any atom is -0.373 e. The largest absolute Gasteiger partial charge is 0.373 e. The Morgan fingerprint density at radius 3 is 2.65 bits per heavy atom. The zero-order valence-corrected chi connectivity index (χ0v) is 11.9. The van der Waals surface area contributed by atoms with Crippen molar-refractivity contribution in [1.29, 1.82) is 0 Å². The molecule has 0 unspecified atom stereocenters. The Kier molecular flexibility index (Phi) is 3.58. The summed E-state index contributed by atoms with van der Waals surface area (Å²) < 4.78 is 0. The van der Waals surface area contributed by atoms with Crippen molar-refractivity contribution >= 4 is 5.82 Å². The number of aromatic nitrogens is 4. The van der Waals surface area contributed by atoms with E-state index < -0.39 is 0 Å². The minimum absolute atomic E-state index is 0.562. The highest BCUT2D eigenvalue weighted by molar-refractivity contribution is 5.53. The number of aryl methyl sites for hydroxylation is 1. The number of nitrogens with zero attached hydrogens (tertiary/aromatic N) is 4. The van der Waals surface area contributed by atoms with E-state index in [0.717, 1.165) is 23.0 Å². The van der Waals surface area contributed by atoms with Crippen molar-refractivity contribution < 1.29 is 0 Å². The summed E-state index contributed by atoms with van der Waals surface area (Å²) >= 11 is 0. The fourth-order valence-electron chi connectivity index (χ4n) is 2.72. The van der Waals surface area contributed by atoms with Crippen LogP contribution in [0, 0.1) is 6.92 Å². The van der Waals surface area contributed by atoms with Gasteiger partial charge in [0.1, 0.15) is 17.3 Å². The molecule has 0 atom stereocenters. The molecule has 1 N–H and O–H groups in total. The molecule has 2 heterocycles. The highest BCUT2D eigenvalue weighted by Crippen LogP contribution is 2.34. The van der Waals surface area contributed by atoms with Crippen LogP contribution in [0.25, 0.3) is 11.5 Å². The summed E-state index contributed by atoms with van der Waals surface area (Å²) in [4.78, 5) is 17.8. The van der Waals surface area contributed by atoms with Crippen LogP contribution in [-0.2, 0) is 0 Å². The third-order valence-corrected chi connectivity index (χ3v) is 3.78. The third kappa shape index (κ3) is 2.61. The number of nitrogens with one attached hydrogen (secondary N) is 1. The van der Waals surface area contributed by atoms with Gasteiger partial charge in [-0.05, 0) is 25.8 Å². The maximum atomic E-state index is 4.73. The van der Waals surface area contributed by atoms with Gasteiger partial charge in [0.2, 0.25) is 0 Å². The minimum atomic E-state index is 0.562. The second-order valence-electron chi connectivity index (χ2n) is 5.22. The number of hydrogen-bond donors (Lipinski definition) is 1. The first kappa shape index (κ1) is 13.0. The quantitative estimate of drug-likeness (QED) is 0.928. The predicted octanol–water partition coefficient (Wildman–Crippen LogP) is 2.94. The van der Waals surface area contributed by atoms with Crippen LogP contribution in [0.2, 0.25) is 0 Å². The second-order valence-corrected chi connectivity index (χ2v) is 5.22. The molecule has 0 bridgehead atoms. The first-order valence-corrected chi connectivity index (χ1v) is 7.13. The Morgan fingerprint density at radius 1 is 1.15 bits per heavy atom. The molecule has 0 aromatic carbocycles. The van der Waals surface area contributed by atoms with Gasteiger partial charge in [-0.1, -0.05) is 12.8 Å². The molecule has 2 aromatic heterocycles. The summed E-state index contributed by atoms with van der Waals surface area (Å²) in [5.41, 5.74) is 1.92. The normalized spacial score (nSPS) is 15.5. The van der Waals surface area contributed by atoms with E-state index in [-0.39, 0.29) is 0 Å². The van der Waals surface area contributed by atoms with E-state index in [1.54, 1.807) is 6.20 Å². The van der Waals surface area contributed by atoms with Gasteiger partial charge in [-0.3, -0.25) is 0 Å². The van der Waals surface area contributed by atoms with E-state index in [4.69, 9.17) is 4.98 Å². The van der Waals surface area contributed by atoms with Crippen LogP contribution in [0.15, 0.2) is 18.3 Å². The van der Waals surface area contributed by atoms with Crippen LogP contribution in [0.5, 0.6) is 0 Å². The number of anilines is 1. The van der Waals surface area contributed by atoms with Gasteiger partial charge in [0.15, 0.2) is 5.82 Å². The van der Waals surface area contributed by atoms with Crippen LogP contribution in [0.3, 0.4) is 0 Å². The van der Waals surface area contributed by atoms with Gasteiger partial charge in [-0.25, -0.2) is 19.9 Å². The first-order valence-electron chi connectivity index (χ1n) is 7.13. The molecule has 20 heavy (non-hydrogen) atoms. The molecule has 0 aliphatic heterocycles. The zero-order valence-electron chi connectivity index (χ0n) is 11.9. The summed E-state index contributed by atoms with van der Waals surface area (Å²) in [6.07, 6.45) is 6.80. The van der Waals surface area contributed by atoms with E-state index in [9.17, 15) is 0 Å². The monoisotopic (exact) mass is 269 g/mol. The molecule has 1 aliphatic rings. The second kappa shape index (κ2) is 5.53. The van der Waals surface area contributed by atoms with Crippen molar-refractivity contribution in [2.45, 2.75) is 38.5 Å². The topological polar surface area (TPSA) is 63.6 Å². The lowest BCUT2D eigenvalue weighted by Crippen LogP contribution is -2.05. The predicted molar refractivity (Wildman–Crippen MR) is 78.6 cm³/mol. The standard InChI is InChI=1S/C15H19N5/c1-10-17-8-7-12(18-10)15-19-13(9-14(16-2)20-15)11-5-3-4-6-11/h7-9,11H,3-6H2,1-2H3,(H,16,19,20). The average Bonchev–Trinajstić information content (AvgIpc) is 3.01. The van der Waals surface area contributed by atoms with Crippen molar-refractivity contribution in [2.24, 2.45) is 0 Å². The van der Waals surface area contributed by atoms with Crippen molar-refractivity contribution in [1.82, 2.24) is 19.9 Å². The first-order chi connectivity index (χ1) is 9.76. The lowest BCUT2D eigenvalue weighted by molar-refractivity contribution is 0.695. The Hall–Kier alpha value is -2.04. The average molecular weight is 269 g/mol. The van der Waals surface area contributed by atoms with Gasteiger partial charge in [0.05, 0.1) is 0 Å². The molecule has 0 amide bonds. The van der Waals surface area contributed by atoms with Crippen LogP contribution >= 0.6 is 0 Å². The summed E-state index contributed by atoms with van der Waals surface area (Å²) in [5.74, 6) is 2.84. The third-order valence-electron chi connectivity index (χ3n) is 3.78. The van der Waals surface area contributed by atoms with Crippen molar-refractivity contribution in [2.75, 3.05) is 12.4 Å². The molecule has 0 saturated heterocycles. The van der Waals surface area contributed by atoms with Gasteiger partial charge in [0, 0.05) is 30.9 Å². The molecule has 2 aromatic rings.